The molecule has 0 radical (unpaired) electrons. The highest BCUT2D eigenvalue weighted by atomic mass is 19.1. The normalized spacial score (nSPS) is 14.9. The van der Waals surface area contributed by atoms with Crippen LogP contribution in [0, 0.1) is 11.8 Å². The van der Waals surface area contributed by atoms with E-state index in [2.05, 4.69) is 0 Å². The van der Waals surface area contributed by atoms with Crippen LogP contribution in [0.25, 0.3) is 0 Å². The minimum Gasteiger partial charge on any atom is -0.481 e. The van der Waals surface area contributed by atoms with E-state index in [4.69, 9.17) is 15.6 Å². The summed E-state index contributed by atoms with van der Waals surface area (Å²) >= 11 is 0. The number of halogens is 1. The van der Waals surface area contributed by atoms with Crippen molar-refractivity contribution in [2.75, 3.05) is 26.4 Å². The number of aliphatic carboxylic acids is 1. The van der Waals surface area contributed by atoms with E-state index in [0.717, 1.165) is 6.42 Å². The van der Waals surface area contributed by atoms with Gasteiger partial charge in [-0.3, -0.25) is 4.79 Å². The van der Waals surface area contributed by atoms with Crippen LogP contribution in [0.1, 0.15) is 19.8 Å². The second-order valence-electron chi connectivity index (χ2n) is 3.72. The first-order valence-corrected chi connectivity index (χ1v) is 5.18. The van der Waals surface area contributed by atoms with Gasteiger partial charge in [-0.2, -0.15) is 0 Å². The molecule has 0 aromatic heterocycles. The number of carboxylic acids is 1. The summed E-state index contributed by atoms with van der Waals surface area (Å²) in [7, 11) is 0. The van der Waals surface area contributed by atoms with Crippen molar-refractivity contribution in [3.8, 4) is 0 Å². The highest BCUT2D eigenvalue weighted by Crippen LogP contribution is 2.12. The van der Waals surface area contributed by atoms with E-state index in [-0.39, 0.29) is 19.1 Å². The standard InChI is InChI=1S/C10H20FNO3/c1-8(7-15-5-4-11)2-3-9(6-12)10(13)14/h8-9H,2-7,12H2,1H3,(H,13,14). The number of hydrogen-bond acceptors (Lipinski definition) is 3. The molecule has 0 aromatic rings. The lowest BCUT2D eigenvalue weighted by atomic mass is 9.97. The van der Waals surface area contributed by atoms with Gasteiger partial charge in [-0.25, -0.2) is 4.39 Å². The Bertz CT molecular complexity index is 178. The maximum absolute atomic E-state index is 11.7. The Morgan fingerprint density at radius 1 is 1.53 bits per heavy atom. The summed E-state index contributed by atoms with van der Waals surface area (Å²) in [6, 6.07) is 0. The third-order valence-corrected chi connectivity index (χ3v) is 2.27. The summed E-state index contributed by atoms with van der Waals surface area (Å²) in [6.07, 6.45) is 1.28. The van der Waals surface area contributed by atoms with Gasteiger partial charge in [-0.1, -0.05) is 6.92 Å². The lowest BCUT2D eigenvalue weighted by molar-refractivity contribution is -0.141. The van der Waals surface area contributed by atoms with Crippen molar-refractivity contribution < 1.29 is 19.0 Å². The minimum absolute atomic E-state index is 0.115. The smallest absolute Gasteiger partial charge is 0.307 e. The van der Waals surface area contributed by atoms with Crippen LogP contribution in [0.2, 0.25) is 0 Å². The Kier molecular flexibility index (Phi) is 8.22. The maximum atomic E-state index is 11.7. The molecule has 15 heavy (non-hydrogen) atoms. The molecule has 0 fully saturated rings. The molecule has 4 nitrogen and oxygen atoms in total. The van der Waals surface area contributed by atoms with E-state index in [0.29, 0.717) is 13.0 Å². The maximum Gasteiger partial charge on any atom is 0.307 e. The molecule has 0 amide bonds. The van der Waals surface area contributed by atoms with Crippen LogP contribution >= 0.6 is 0 Å². The van der Waals surface area contributed by atoms with E-state index in [1.807, 2.05) is 6.92 Å². The Morgan fingerprint density at radius 2 is 2.20 bits per heavy atom. The zero-order valence-electron chi connectivity index (χ0n) is 9.12. The zero-order chi connectivity index (χ0) is 11.7. The number of alkyl halides is 1. The fraction of sp³-hybridized carbons (Fsp3) is 0.900. The van der Waals surface area contributed by atoms with E-state index in [1.165, 1.54) is 0 Å². The molecule has 2 unspecified atom stereocenters. The monoisotopic (exact) mass is 221 g/mol. The van der Waals surface area contributed by atoms with Gasteiger partial charge < -0.3 is 15.6 Å². The largest absolute Gasteiger partial charge is 0.481 e. The molecule has 0 spiro atoms. The topological polar surface area (TPSA) is 72.6 Å². The van der Waals surface area contributed by atoms with Gasteiger partial charge in [0.05, 0.1) is 12.5 Å². The molecule has 2 atom stereocenters. The first-order valence-electron chi connectivity index (χ1n) is 5.18. The van der Waals surface area contributed by atoms with E-state index >= 15 is 0 Å². The van der Waals surface area contributed by atoms with Crippen LogP contribution in [-0.4, -0.2) is 37.5 Å². The van der Waals surface area contributed by atoms with Gasteiger partial charge in [-0.05, 0) is 18.8 Å². The fourth-order valence-electron chi connectivity index (χ4n) is 1.25. The average molecular weight is 221 g/mol. The quantitative estimate of drug-likeness (QED) is 0.571. The number of carbonyl (C=O) groups is 1. The van der Waals surface area contributed by atoms with Crippen molar-refractivity contribution in [1.82, 2.24) is 0 Å². The Hall–Kier alpha value is -0.680. The summed E-state index contributed by atoms with van der Waals surface area (Å²) < 4.78 is 16.7. The molecular formula is C10H20FNO3. The molecule has 0 bridgehead atoms. The molecule has 90 valence electrons. The van der Waals surface area contributed by atoms with Crippen molar-refractivity contribution in [2.45, 2.75) is 19.8 Å². The van der Waals surface area contributed by atoms with Gasteiger partial charge in [0, 0.05) is 13.2 Å². The van der Waals surface area contributed by atoms with E-state index in [9.17, 15) is 9.18 Å². The fourth-order valence-corrected chi connectivity index (χ4v) is 1.25. The number of rotatable bonds is 9. The minimum atomic E-state index is -0.852. The SMILES string of the molecule is CC(CCC(CN)C(=O)O)COCCF. The summed E-state index contributed by atoms with van der Waals surface area (Å²) in [5, 5.41) is 8.74. The molecule has 0 aliphatic carbocycles. The molecule has 0 saturated heterocycles. The molecule has 3 N–H and O–H groups in total. The number of hydrogen-bond donors (Lipinski definition) is 2. The lowest BCUT2D eigenvalue weighted by Crippen LogP contribution is -2.24. The molecular weight excluding hydrogens is 201 g/mol. The molecule has 0 rings (SSSR count). The van der Waals surface area contributed by atoms with Crippen molar-refractivity contribution in [3.05, 3.63) is 0 Å². The summed E-state index contributed by atoms with van der Waals surface area (Å²) in [6.45, 7) is 2.22. The van der Waals surface area contributed by atoms with Crippen LogP contribution < -0.4 is 5.73 Å². The first kappa shape index (κ1) is 14.3. The van der Waals surface area contributed by atoms with E-state index < -0.39 is 18.6 Å². The molecule has 0 saturated carbocycles. The van der Waals surface area contributed by atoms with Gasteiger partial charge in [0.25, 0.3) is 0 Å². The molecule has 0 aliphatic heterocycles. The Morgan fingerprint density at radius 3 is 2.67 bits per heavy atom. The second-order valence-corrected chi connectivity index (χ2v) is 3.72. The predicted molar refractivity (Wildman–Crippen MR) is 55.4 cm³/mol. The van der Waals surface area contributed by atoms with Crippen LogP contribution in [0.4, 0.5) is 4.39 Å². The predicted octanol–water partition coefficient (Wildman–Crippen LogP) is 1.05. The number of nitrogens with two attached hydrogens (primary N) is 1. The summed E-state index contributed by atoms with van der Waals surface area (Å²) in [4.78, 5) is 10.6. The molecule has 0 heterocycles. The number of ether oxygens (including phenoxy) is 1. The van der Waals surface area contributed by atoms with Gasteiger partial charge in [0.1, 0.15) is 6.67 Å². The number of carboxylic acid groups (broad SMARTS) is 1. The van der Waals surface area contributed by atoms with Crippen LogP contribution in [-0.2, 0) is 9.53 Å². The summed E-state index contributed by atoms with van der Waals surface area (Å²) in [5.41, 5.74) is 5.32. The first-order chi connectivity index (χ1) is 7.11. The highest BCUT2D eigenvalue weighted by Gasteiger charge is 2.16. The molecule has 5 heteroatoms. The Labute approximate surface area is 89.6 Å². The van der Waals surface area contributed by atoms with Gasteiger partial charge in [0.15, 0.2) is 0 Å². The van der Waals surface area contributed by atoms with Crippen molar-refractivity contribution in [2.24, 2.45) is 17.6 Å². The van der Waals surface area contributed by atoms with Crippen molar-refractivity contribution in [3.63, 3.8) is 0 Å². The third-order valence-electron chi connectivity index (χ3n) is 2.27. The lowest BCUT2D eigenvalue weighted by Gasteiger charge is -2.14. The summed E-state index contributed by atoms with van der Waals surface area (Å²) in [5.74, 6) is -1.09. The highest BCUT2D eigenvalue weighted by molar-refractivity contribution is 5.70. The third kappa shape index (κ3) is 7.27. The van der Waals surface area contributed by atoms with Gasteiger partial charge in [-0.15, -0.1) is 0 Å². The average Bonchev–Trinajstić information content (AvgIpc) is 2.18. The van der Waals surface area contributed by atoms with Gasteiger partial charge in [0.2, 0.25) is 0 Å². The molecule has 0 aliphatic rings. The van der Waals surface area contributed by atoms with Crippen LogP contribution in [0.3, 0.4) is 0 Å². The van der Waals surface area contributed by atoms with Crippen molar-refractivity contribution in [1.29, 1.82) is 0 Å². The zero-order valence-corrected chi connectivity index (χ0v) is 9.12. The van der Waals surface area contributed by atoms with Crippen molar-refractivity contribution >= 4 is 5.97 Å². The van der Waals surface area contributed by atoms with Gasteiger partial charge >= 0.3 is 5.97 Å². The van der Waals surface area contributed by atoms with E-state index in [1.54, 1.807) is 0 Å². The second kappa shape index (κ2) is 8.61. The molecule has 0 aromatic carbocycles. The van der Waals surface area contributed by atoms with Crippen LogP contribution in [0.15, 0.2) is 0 Å². The Balaban J connectivity index is 3.59. The van der Waals surface area contributed by atoms with Crippen LogP contribution in [0.5, 0.6) is 0 Å².